The topological polar surface area (TPSA) is 70.2 Å². The maximum atomic E-state index is 13.0. The number of thioether (sulfide) groups is 1. The van der Waals surface area contributed by atoms with Gasteiger partial charge in [-0.25, -0.2) is 9.97 Å². The van der Waals surface area contributed by atoms with Gasteiger partial charge >= 0.3 is 0 Å². The first-order valence-corrected chi connectivity index (χ1v) is 10.7. The van der Waals surface area contributed by atoms with E-state index in [0.717, 1.165) is 17.0 Å². The average Bonchev–Trinajstić information content (AvgIpc) is 3.40. The van der Waals surface area contributed by atoms with Crippen LogP contribution in [-0.2, 0) is 17.0 Å². The van der Waals surface area contributed by atoms with E-state index in [1.165, 1.54) is 11.8 Å². The van der Waals surface area contributed by atoms with Gasteiger partial charge in [0.05, 0.1) is 21.5 Å². The van der Waals surface area contributed by atoms with Crippen LogP contribution in [0.3, 0.4) is 0 Å². The lowest BCUT2D eigenvalue weighted by molar-refractivity contribution is 0.189. The van der Waals surface area contributed by atoms with E-state index in [0.29, 0.717) is 40.9 Å². The number of ether oxygens (including phenoxy) is 1. The van der Waals surface area contributed by atoms with E-state index >= 15 is 0 Å². The van der Waals surface area contributed by atoms with Crippen LogP contribution in [0, 0.1) is 0 Å². The molecular formula is C20H19N3O3S2. The van der Waals surface area contributed by atoms with Gasteiger partial charge in [-0.1, -0.05) is 30.0 Å². The summed E-state index contributed by atoms with van der Waals surface area (Å²) in [5.41, 5.74) is 1.50. The lowest BCUT2D eigenvalue weighted by Gasteiger charge is -2.12. The summed E-state index contributed by atoms with van der Waals surface area (Å²) >= 11 is 3.08. The van der Waals surface area contributed by atoms with E-state index in [4.69, 9.17) is 14.1 Å². The van der Waals surface area contributed by atoms with Crippen molar-refractivity contribution >= 4 is 34.0 Å². The lowest BCUT2D eigenvalue weighted by Crippen LogP contribution is -2.24. The fourth-order valence-corrected chi connectivity index (χ4v) is 4.41. The Balaban J connectivity index is 1.60. The van der Waals surface area contributed by atoms with Gasteiger partial charge in [-0.3, -0.25) is 9.36 Å². The van der Waals surface area contributed by atoms with Crippen molar-refractivity contribution in [2.24, 2.45) is 0 Å². The standard InChI is InChI=1S/C20H19N3O3S2/c1-25-10-5-9-23-19(24)15-6-2-3-7-16(15)22-20(23)28-13-14-12-26-18(21-14)17-8-4-11-27-17/h2-4,6-8,11-12H,5,9-10,13H2,1H3. The van der Waals surface area contributed by atoms with Crippen LogP contribution in [0.15, 0.2) is 62.4 Å². The number of methoxy groups -OCH3 is 1. The van der Waals surface area contributed by atoms with Crippen LogP contribution < -0.4 is 5.56 Å². The molecule has 28 heavy (non-hydrogen) atoms. The number of hydrogen-bond donors (Lipinski definition) is 0. The number of hydrogen-bond acceptors (Lipinski definition) is 7. The number of para-hydroxylation sites is 1. The molecule has 144 valence electrons. The maximum absolute atomic E-state index is 13.0. The predicted molar refractivity (Wildman–Crippen MR) is 112 cm³/mol. The molecular weight excluding hydrogens is 394 g/mol. The fraction of sp³-hybridized carbons (Fsp3) is 0.250. The van der Waals surface area contributed by atoms with E-state index < -0.39 is 0 Å². The van der Waals surface area contributed by atoms with E-state index in [2.05, 4.69) is 4.98 Å². The predicted octanol–water partition coefficient (Wildman–Crippen LogP) is 4.44. The molecule has 3 aromatic heterocycles. The summed E-state index contributed by atoms with van der Waals surface area (Å²) in [5.74, 6) is 1.19. The SMILES string of the molecule is COCCCn1c(SCc2coc(-c3cccs3)n2)nc2ccccc2c1=O. The minimum Gasteiger partial charge on any atom is -0.444 e. The number of aromatic nitrogens is 3. The van der Waals surface area contributed by atoms with Gasteiger partial charge in [0.2, 0.25) is 5.89 Å². The normalized spacial score (nSPS) is 11.3. The Morgan fingerprint density at radius 1 is 1.21 bits per heavy atom. The fourth-order valence-electron chi connectivity index (χ4n) is 2.85. The minimum absolute atomic E-state index is 0.0244. The van der Waals surface area contributed by atoms with Crippen molar-refractivity contribution in [1.29, 1.82) is 0 Å². The van der Waals surface area contributed by atoms with Gasteiger partial charge < -0.3 is 9.15 Å². The van der Waals surface area contributed by atoms with Gasteiger partial charge in [0.1, 0.15) is 6.26 Å². The van der Waals surface area contributed by atoms with Gasteiger partial charge in [-0.2, -0.15) is 0 Å². The van der Waals surface area contributed by atoms with E-state index in [1.54, 1.807) is 29.3 Å². The van der Waals surface area contributed by atoms with Crippen LogP contribution >= 0.6 is 23.1 Å². The van der Waals surface area contributed by atoms with Crippen molar-refractivity contribution < 1.29 is 9.15 Å². The van der Waals surface area contributed by atoms with Crippen LogP contribution in [0.4, 0.5) is 0 Å². The summed E-state index contributed by atoms with van der Waals surface area (Å²) in [4.78, 5) is 23.2. The Kier molecular flexibility index (Phi) is 5.90. The molecule has 3 heterocycles. The van der Waals surface area contributed by atoms with E-state index in [9.17, 15) is 4.79 Å². The molecule has 0 amide bonds. The van der Waals surface area contributed by atoms with Crippen LogP contribution in [-0.4, -0.2) is 28.3 Å². The first kappa shape index (κ1) is 18.9. The zero-order chi connectivity index (χ0) is 19.3. The monoisotopic (exact) mass is 413 g/mol. The van der Waals surface area contributed by atoms with Gasteiger partial charge in [0.15, 0.2) is 5.16 Å². The number of oxazole rings is 1. The number of benzene rings is 1. The molecule has 0 aliphatic carbocycles. The molecule has 4 aromatic rings. The molecule has 0 atom stereocenters. The Hall–Kier alpha value is -2.42. The molecule has 0 bridgehead atoms. The highest BCUT2D eigenvalue weighted by molar-refractivity contribution is 7.98. The van der Waals surface area contributed by atoms with E-state index in [-0.39, 0.29) is 5.56 Å². The van der Waals surface area contributed by atoms with Gasteiger partial charge in [-0.05, 0) is 30.0 Å². The van der Waals surface area contributed by atoms with Crippen molar-refractivity contribution in [1.82, 2.24) is 14.5 Å². The summed E-state index contributed by atoms with van der Waals surface area (Å²) < 4.78 is 12.4. The molecule has 0 saturated carbocycles. The second kappa shape index (κ2) is 8.72. The molecule has 0 N–H and O–H groups in total. The van der Waals surface area contributed by atoms with Crippen molar-refractivity contribution in [2.75, 3.05) is 13.7 Å². The molecule has 8 heteroatoms. The summed E-state index contributed by atoms with van der Waals surface area (Å²) in [6.45, 7) is 1.16. The molecule has 0 aliphatic rings. The molecule has 0 fully saturated rings. The molecule has 0 radical (unpaired) electrons. The van der Waals surface area contributed by atoms with Gasteiger partial charge in [0, 0.05) is 26.0 Å². The smallest absolute Gasteiger partial charge is 0.262 e. The second-order valence-corrected chi connectivity index (χ2v) is 8.01. The number of fused-ring (bicyclic) bond motifs is 1. The molecule has 0 unspecified atom stereocenters. The van der Waals surface area contributed by atoms with Gasteiger partial charge in [0.25, 0.3) is 5.56 Å². The Morgan fingerprint density at radius 2 is 2.11 bits per heavy atom. The third-order valence-electron chi connectivity index (χ3n) is 4.19. The van der Waals surface area contributed by atoms with Crippen molar-refractivity contribution in [3.63, 3.8) is 0 Å². The summed E-state index contributed by atoms with van der Waals surface area (Å²) in [6, 6.07) is 11.4. The Morgan fingerprint density at radius 3 is 2.93 bits per heavy atom. The zero-order valence-electron chi connectivity index (χ0n) is 15.3. The number of rotatable bonds is 8. The minimum atomic E-state index is -0.0244. The molecule has 4 rings (SSSR count). The first-order valence-electron chi connectivity index (χ1n) is 8.86. The van der Waals surface area contributed by atoms with Crippen LogP contribution in [0.5, 0.6) is 0 Å². The lowest BCUT2D eigenvalue weighted by atomic mass is 10.2. The second-order valence-electron chi connectivity index (χ2n) is 6.12. The summed E-state index contributed by atoms with van der Waals surface area (Å²) in [5, 5.41) is 3.30. The summed E-state index contributed by atoms with van der Waals surface area (Å²) in [6.07, 6.45) is 2.41. The number of nitrogens with zero attached hydrogens (tertiary/aromatic N) is 3. The van der Waals surface area contributed by atoms with Crippen LogP contribution in [0.2, 0.25) is 0 Å². The maximum Gasteiger partial charge on any atom is 0.262 e. The quantitative estimate of drug-likeness (QED) is 0.242. The Bertz CT molecular complexity index is 1120. The first-order chi connectivity index (χ1) is 13.8. The summed E-state index contributed by atoms with van der Waals surface area (Å²) in [7, 11) is 1.66. The molecule has 1 aromatic carbocycles. The van der Waals surface area contributed by atoms with Crippen molar-refractivity contribution in [2.45, 2.75) is 23.9 Å². The third-order valence-corrected chi connectivity index (χ3v) is 6.06. The molecule has 6 nitrogen and oxygen atoms in total. The highest BCUT2D eigenvalue weighted by atomic mass is 32.2. The van der Waals surface area contributed by atoms with Crippen molar-refractivity contribution in [3.8, 4) is 10.8 Å². The molecule has 0 saturated heterocycles. The van der Waals surface area contributed by atoms with Crippen LogP contribution in [0.1, 0.15) is 12.1 Å². The van der Waals surface area contributed by atoms with Crippen LogP contribution in [0.25, 0.3) is 21.7 Å². The van der Waals surface area contributed by atoms with E-state index in [1.807, 2.05) is 41.8 Å². The Labute approximate surface area is 170 Å². The average molecular weight is 414 g/mol. The third kappa shape index (κ3) is 4.04. The number of thiophene rings is 1. The highest BCUT2D eigenvalue weighted by Gasteiger charge is 2.13. The largest absolute Gasteiger partial charge is 0.444 e. The molecule has 0 spiro atoms. The zero-order valence-corrected chi connectivity index (χ0v) is 17.0. The highest BCUT2D eigenvalue weighted by Crippen LogP contribution is 2.27. The van der Waals surface area contributed by atoms with Gasteiger partial charge in [-0.15, -0.1) is 11.3 Å². The molecule has 0 aliphatic heterocycles. The van der Waals surface area contributed by atoms with Crippen molar-refractivity contribution in [3.05, 3.63) is 64.1 Å².